The second-order valence-corrected chi connectivity index (χ2v) is 1.20. The molecule has 94 valence electrons. The second kappa shape index (κ2) is 37.7. The summed E-state index contributed by atoms with van der Waals surface area (Å²) in [5.74, 6) is -1.94. The zero-order chi connectivity index (χ0) is 8.57. The third-order valence-corrected chi connectivity index (χ3v) is 0.349. The molecule has 11 heteroatoms. The van der Waals surface area contributed by atoms with Crippen LogP contribution in [0.25, 0.3) is 0 Å². The van der Waals surface area contributed by atoms with E-state index in [0.29, 0.717) is 0 Å². The molecule has 0 heterocycles. The minimum Gasteiger partial charge on any atom is -0.480 e. The third-order valence-electron chi connectivity index (χ3n) is 0.349. The van der Waals surface area contributed by atoms with Gasteiger partial charge in [0.2, 0.25) is 0 Å². The van der Waals surface area contributed by atoms with Crippen molar-refractivity contribution in [1.82, 2.24) is 24.6 Å². The summed E-state index contributed by atoms with van der Waals surface area (Å²) in [7, 11) is 0. The number of carboxylic acids is 2. The fourth-order valence-corrected chi connectivity index (χ4v) is 0. The van der Waals surface area contributed by atoms with Crippen molar-refractivity contribution in [2.75, 3.05) is 13.1 Å². The van der Waals surface area contributed by atoms with Crippen molar-refractivity contribution in [3.05, 3.63) is 0 Å². The van der Waals surface area contributed by atoms with Crippen molar-refractivity contribution in [3.63, 3.8) is 0 Å². The predicted octanol–water partition coefficient (Wildman–Crippen LogP) is -1.30. The molecule has 18 N–H and O–H groups in total. The van der Waals surface area contributed by atoms with Crippen LogP contribution in [0.3, 0.4) is 0 Å². The minimum absolute atomic E-state index is 0. The van der Waals surface area contributed by atoms with Crippen LogP contribution < -0.4 is 36.1 Å². The molecule has 0 rings (SSSR count). The normalized spacial score (nSPS) is 4.93. The molecule has 10 nitrogen and oxygen atoms in total. The number of carbonyl (C=O) groups is 2. The van der Waals surface area contributed by atoms with Crippen molar-refractivity contribution in [3.8, 4) is 0 Å². The summed E-state index contributed by atoms with van der Waals surface area (Å²) in [5.41, 5.74) is 9.14. The molecular weight excluding hydrogens is 261 g/mol. The van der Waals surface area contributed by atoms with E-state index in [4.69, 9.17) is 10.2 Å². The molecule has 0 amide bonds. The standard InChI is InChI=1S/2C2H5NO2.4H3N.Zn/c2*3-1-2(4)5;;;;;/h2*1,3H2,(H,4,5);4*1H3;. The van der Waals surface area contributed by atoms with Crippen LogP contribution in [0.1, 0.15) is 0 Å². The van der Waals surface area contributed by atoms with Gasteiger partial charge in [-0.15, -0.1) is 0 Å². The van der Waals surface area contributed by atoms with Crippen LogP contribution in [-0.2, 0) is 29.1 Å². The van der Waals surface area contributed by atoms with Crippen molar-refractivity contribution >= 4 is 11.9 Å². The van der Waals surface area contributed by atoms with Gasteiger partial charge in [-0.05, 0) is 0 Å². The van der Waals surface area contributed by atoms with Gasteiger partial charge in [0.15, 0.2) is 0 Å². The molecule has 0 aliphatic rings. The van der Waals surface area contributed by atoms with E-state index < -0.39 is 11.9 Å². The van der Waals surface area contributed by atoms with E-state index in [2.05, 4.69) is 11.5 Å². The number of hydrogen-bond acceptors (Lipinski definition) is 8. The van der Waals surface area contributed by atoms with Crippen LogP contribution in [-0.4, -0.2) is 35.2 Å². The first-order valence-corrected chi connectivity index (χ1v) is 2.38. The van der Waals surface area contributed by atoms with Crippen LogP contribution in [0, 0.1) is 0 Å². The topological polar surface area (TPSA) is 267 Å². The van der Waals surface area contributed by atoms with E-state index in [1.165, 1.54) is 0 Å². The monoisotopic (exact) mass is 282 g/mol. The number of nitrogens with two attached hydrogens (primary N) is 2. The van der Waals surface area contributed by atoms with E-state index >= 15 is 0 Å². The Balaban J connectivity index is -0.0000000128. The molecule has 0 bridgehead atoms. The van der Waals surface area contributed by atoms with E-state index in [9.17, 15) is 9.59 Å². The molecule has 15 heavy (non-hydrogen) atoms. The van der Waals surface area contributed by atoms with Gasteiger partial charge in [0.25, 0.3) is 0 Å². The van der Waals surface area contributed by atoms with Crippen LogP contribution >= 0.6 is 0 Å². The molecule has 0 aromatic rings. The Morgan fingerprint density at radius 2 is 0.867 bits per heavy atom. The maximum Gasteiger partial charge on any atom is 0.317 e. The van der Waals surface area contributed by atoms with Gasteiger partial charge in [0, 0.05) is 19.5 Å². The summed E-state index contributed by atoms with van der Waals surface area (Å²) < 4.78 is 0. The second-order valence-electron chi connectivity index (χ2n) is 1.20. The molecule has 0 spiro atoms. The smallest absolute Gasteiger partial charge is 0.317 e. The van der Waals surface area contributed by atoms with Gasteiger partial charge in [0.05, 0.1) is 13.1 Å². The maximum atomic E-state index is 9.24. The van der Waals surface area contributed by atoms with Gasteiger partial charge in [-0.1, -0.05) is 0 Å². The van der Waals surface area contributed by atoms with Crippen LogP contribution in [0.2, 0.25) is 0 Å². The summed E-state index contributed by atoms with van der Waals surface area (Å²) in [4.78, 5) is 18.5. The molecule has 0 aromatic heterocycles. The Kier molecular flexibility index (Phi) is 119. The zero-order valence-corrected chi connectivity index (χ0v) is 11.8. The molecule has 0 aromatic carbocycles. The Morgan fingerprint density at radius 1 is 0.800 bits per heavy atom. The van der Waals surface area contributed by atoms with Gasteiger partial charge in [0.1, 0.15) is 0 Å². The fourth-order valence-electron chi connectivity index (χ4n) is 0. The van der Waals surface area contributed by atoms with Crippen molar-refractivity contribution in [2.24, 2.45) is 11.5 Å². The number of carboxylic acid groups (broad SMARTS) is 2. The Morgan fingerprint density at radius 3 is 0.867 bits per heavy atom. The number of hydrogen-bond donors (Lipinski definition) is 8. The Hall–Kier alpha value is -0.677. The van der Waals surface area contributed by atoms with Crippen molar-refractivity contribution < 1.29 is 39.3 Å². The first-order valence-electron chi connectivity index (χ1n) is 2.38. The summed E-state index contributed by atoms with van der Waals surface area (Å²) in [6.07, 6.45) is 0. The molecule has 0 atom stereocenters. The van der Waals surface area contributed by atoms with E-state index in [-0.39, 0.29) is 57.2 Å². The van der Waals surface area contributed by atoms with E-state index in [1.54, 1.807) is 0 Å². The molecule has 0 aliphatic heterocycles. The molecule has 0 saturated heterocycles. The Bertz CT molecular complexity index is 112. The summed E-state index contributed by atoms with van der Waals surface area (Å²) in [5, 5.41) is 15.2. The van der Waals surface area contributed by atoms with Gasteiger partial charge in [-0.2, -0.15) is 0 Å². The van der Waals surface area contributed by atoms with E-state index in [1.807, 2.05) is 0 Å². The maximum absolute atomic E-state index is 9.24. The quantitative estimate of drug-likeness (QED) is 0.277. The first-order chi connectivity index (χ1) is 4.54. The van der Waals surface area contributed by atoms with Gasteiger partial charge in [-0.3, -0.25) is 9.59 Å². The number of rotatable bonds is 2. The summed E-state index contributed by atoms with van der Waals surface area (Å²) in [6, 6.07) is 0. The van der Waals surface area contributed by atoms with Crippen molar-refractivity contribution in [1.29, 1.82) is 0 Å². The van der Waals surface area contributed by atoms with Crippen LogP contribution in [0.15, 0.2) is 0 Å². The van der Waals surface area contributed by atoms with Gasteiger partial charge in [-0.25, -0.2) is 0 Å². The molecule has 0 radical (unpaired) electrons. The fraction of sp³-hybridized carbons (Fsp3) is 0.500. The molecular formula is C4H22N6O4Zn. The first kappa shape index (κ1) is 47.4. The molecule has 0 aliphatic carbocycles. The molecule has 0 saturated carbocycles. The molecule has 0 unspecified atom stereocenters. The van der Waals surface area contributed by atoms with Crippen LogP contribution in [0.4, 0.5) is 0 Å². The third kappa shape index (κ3) is 155. The summed E-state index contributed by atoms with van der Waals surface area (Å²) >= 11 is 0. The Labute approximate surface area is 101 Å². The average molecular weight is 284 g/mol. The average Bonchev–Trinajstić information content (AvgIpc) is 1.89. The van der Waals surface area contributed by atoms with Crippen LogP contribution in [0.5, 0.6) is 0 Å². The minimum atomic E-state index is -0.968. The molecule has 0 fully saturated rings. The van der Waals surface area contributed by atoms with Gasteiger partial charge < -0.3 is 46.3 Å². The summed E-state index contributed by atoms with van der Waals surface area (Å²) in [6.45, 7) is -0.556. The number of aliphatic carboxylic acids is 2. The van der Waals surface area contributed by atoms with Gasteiger partial charge >= 0.3 is 11.9 Å². The predicted molar refractivity (Wildman–Crippen MR) is 53.5 cm³/mol. The largest absolute Gasteiger partial charge is 0.480 e. The van der Waals surface area contributed by atoms with Crippen molar-refractivity contribution in [2.45, 2.75) is 0 Å². The zero-order valence-electron chi connectivity index (χ0n) is 8.82. The van der Waals surface area contributed by atoms with E-state index in [0.717, 1.165) is 0 Å². The SMILES string of the molecule is N.N.N.N.NCC(=O)O.NCC(=O)O.[Zn].